The first-order valence-corrected chi connectivity index (χ1v) is 17.5. The van der Waals surface area contributed by atoms with E-state index in [1.54, 1.807) is 38.5 Å². The van der Waals surface area contributed by atoms with E-state index in [2.05, 4.69) is 10.6 Å². The van der Waals surface area contributed by atoms with E-state index in [0.717, 1.165) is 24.0 Å². The molecule has 0 heterocycles. The van der Waals surface area contributed by atoms with Gasteiger partial charge in [-0.15, -0.1) is 0 Å². The summed E-state index contributed by atoms with van der Waals surface area (Å²) in [5, 5.41) is 48.0. The van der Waals surface area contributed by atoms with Crippen LogP contribution in [0.25, 0.3) is 0 Å². The molecule has 0 spiro atoms. The summed E-state index contributed by atoms with van der Waals surface area (Å²) in [5.74, 6) is -0.401. The average molecular weight is 777 g/mol. The van der Waals surface area contributed by atoms with E-state index in [-0.39, 0.29) is 36.0 Å². The van der Waals surface area contributed by atoms with Gasteiger partial charge in [0.15, 0.2) is 11.2 Å². The van der Waals surface area contributed by atoms with Gasteiger partial charge in [0.25, 0.3) is 23.2 Å². The van der Waals surface area contributed by atoms with Crippen molar-refractivity contribution in [3.63, 3.8) is 0 Å². The Hall–Kier alpha value is -5.94. The molecule has 0 aromatic heterocycles. The smallest absolute Gasteiger partial charge is 0.274 e. The van der Waals surface area contributed by atoms with Gasteiger partial charge in [-0.3, -0.25) is 29.8 Å². The minimum absolute atomic E-state index is 0.109. The Morgan fingerprint density at radius 1 is 0.625 bits per heavy atom. The molecule has 300 valence electrons. The van der Waals surface area contributed by atoms with Crippen molar-refractivity contribution in [1.29, 1.82) is 0 Å². The highest BCUT2D eigenvalue weighted by Gasteiger charge is 2.33. The topological polar surface area (TPSA) is 222 Å². The Kier molecular flexibility index (Phi) is 16.4. The number of amides is 2. The van der Waals surface area contributed by atoms with Crippen LogP contribution in [0.2, 0.25) is 0 Å². The average Bonchev–Trinajstić information content (AvgIpc) is 3.17. The number of hydrogen-bond donors (Lipinski definition) is 4. The summed E-state index contributed by atoms with van der Waals surface area (Å²) in [6, 6.07) is 23.3. The lowest BCUT2D eigenvalue weighted by atomic mass is 10.1. The minimum atomic E-state index is -1.83. The molecule has 0 saturated heterocycles. The van der Waals surface area contributed by atoms with Crippen LogP contribution in [0.3, 0.4) is 0 Å². The number of nitrogens with one attached hydrogen (secondary N) is 2. The number of anilines is 2. The Balaban J connectivity index is 0.000000300. The highest BCUT2D eigenvalue weighted by Crippen LogP contribution is 2.27. The molecule has 0 bridgehead atoms. The van der Waals surface area contributed by atoms with Crippen LogP contribution in [-0.2, 0) is 31.9 Å². The first-order chi connectivity index (χ1) is 26.5. The second-order valence-corrected chi connectivity index (χ2v) is 13.2. The molecule has 0 fully saturated rings. The molecule has 4 N–H and O–H groups in total. The second-order valence-electron chi connectivity index (χ2n) is 13.2. The van der Waals surface area contributed by atoms with E-state index < -0.39 is 32.9 Å². The number of nitro benzene ring substituents is 2. The summed E-state index contributed by atoms with van der Waals surface area (Å²) in [4.78, 5) is 45.9. The van der Waals surface area contributed by atoms with Gasteiger partial charge in [-0.1, -0.05) is 36.4 Å². The number of rotatable bonds is 18. The van der Waals surface area contributed by atoms with E-state index in [1.807, 2.05) is 24.3 Å². The molecule has 0 saturated carbocycles. The molecule has 2 atom stereocenters. The van der Waals surface area contributed by atoms with Crippen molar-refractivity contribution in [2.75, 3.05) is 51.3 Å². The van der Waals surface area contributed by atoms with Crippen LogP contribution in [0.15, 0.2) is 84.9 Å². The maximum absolute atomic E-state index is 12.4. The van der Waals surface area contributed by atoms with Crippen molar-refractivity contribution >= 4 is 34.6 Å². The largest absolute Gasteiger partial charge is 0.490 e. The Bertz CT molecular complexity index is 1810. The molecular formula is C40H48N4O12. The molecule has 4 aromatic carbocycles. The predicted octanol–water partition coefficient (Wildman–Crippen LogP) is 5.72. The molecule has 0 aliphatic carbocycles. The van der Waals surface area contributed by atoms with Gasteiger partial charge in [0.2, 0.25) is 0 Å². The normalized spacial score (nSPS) is 12.9. The van der Waals surface area contributed by atoms with Crippen LogP contribution >= 0.6 is 0 Å². The minimum Gasteiger partial charge on any atom is -0.490 e. The first kappa shape index (κ1) is 44.5. The molecule has 0 aliphatic rings. The molecule has 4 rings (SSSR count). The van der Waals surface area contributed by atoms with Crippen LogP contribution in [0.1, 0.15) is 36.1 Å². The number of hydrogen-bond acceptors (Lipinski definition) is 12. The number of ether oxygens (including phenoxy) is 4. The highest BCUT2D eigenvalue weighted by atomic mass is 16.6. The van der Waals surface area contributed by atoms with E-state index in [1.165, 1.54) is 64.1 Å². The van der Waals surface area contributed by atoms with Gasteiger partial charge >= 0.3 is 0 Å². The Morgan fingerprint density at radius 2 is 0.964 bits per heavy atom. The van der Waals surface area contributed by atoms with Crippen molar-refractivity contribution in [1.82, 2.24) is 0 Å². The Morgan fingerprint density at radius 3 is 1.27 bits per heavy atom. The van der Waals surface area contributed by atoms with Crippen LogP contribution in [0.5, 0.6) is 11.5 Å². The molecular weight excluding hydrogens is 728 g/mol. The van der Waals surface area contributed by atoms with Gasteiger partial charge in [0.1, 0.15) is 24.7 Å². The van der Waals surface area contributed by atoms with Gasteiger partial charge in [-0.25, -0.2) is 0 Å². The number of aliphatic hydroxyl groups is 2. The third-order valence-corrected chi connectivity index (χ3v) is 8.55. The number of nitrogens with zero attached hydrogens (tertiary/aromatic N) is 2. The fourth-order valence-corrected chi connectivity index (χ4v) is 4.95. The van der Waals surface area contributed by atoms with Crippen molar-refractivity contribution in [3.8, 4) is 11.5 Å². The van der Waals surface area contributed by atoms with E-state index >= 15 is 0 Å². The van der Waals surface area contributed by atoms with Crippen molar-refractivity contribution in [3.05, 3.63) is 127 Å². The van der Waals surface area contributed by atoms with Crippen LogP contribution < -0.4 is 20.1 Å². The van der Waals surface area contributed by atoms with Crippen molar-refractivity contribution < 1.29 is 48.6 Å². The fraction of sp³-hybridized carbons (Fsp3) is 0.350. The highest BCUT2D eigenvalue weighted by molar-refractivity contribution is 5.98. The number of benzene rings is 4. The van der Waals surface area contributed by atoms with Crippen molar-refractivity contribution in [2.45, 2.75) is 51.7 Å². The van der Waals surface area contributed by atoms with Gasteiger partial charge in [-0.2, -0.15) is 0 Å². The van der Waals surface area contributed by atoms with Crippen LogP contribution in [0.4, 0.5) is 22.7 Å². The van der Waals surface area contributed by atoms with Gasteiger partial charge < -0.3 is 39.8 Å². The first-order valence-electron chi connectivity index (χ1n) is 17.5. The lowest BCUT2D eigenvalue weighted by Crippen LogP contribution is -2.45. The van der Waals surface area contributed by atoms with Crippen LogP contribution in [0, 0.1) is 34.1 Å². The predicted molar refractivity (Wildman–Crippen MR) is 209 cm³/mol. The summed E-state index contributed by atoms with van der Waals surface area (Å²) in [7, 11) is 3.28. The quantitative estimate of drug-likeness (QED) is 0.0704. The van der Waals surface area contributed by atoms with Crippen molar-refractivity contribution in [2.24, 2.45) is 0 Å². The fourth-order valence-electron chi connectivity index (χ4n) is 4.95. The standard InChI is InChI=1S/2C20H24N2O6/c2*1-14-17(5-4-6-18(14)22(25)26)21-19(23)20(2,24)13-28-16-9-7-15(8-10-16)11-12-27-3/h2*4-10,24H,11-13H2,1-3H3,(H,21,23). The zero-order chi connectivity index (χ0) is 41.5. The maximum Gasteiger partial charge on any atom is 0.274 e. The van der Waals surface area contributed by atoms with E-state index in [9.17, 15) is 40.0 Å². The Labute approximate surface area is 324 Å². The number of methoxy groups -OCH3 is 2. The monoisotopic (exact) mass is 776 g/mol. The third kappa shape index (κ3) is 13.1. The molecule has 56 heavy (non-hydrogen) atoms. The van der Waals surface area contributed by atoms with E-state index in [0.29, 0.717) is 35.8 Å². The molecule has 4 aromatic rings. The summed E-state index contributed by atoms with van der Waals surface area (Å²) in [6.45, 7) is 6.39. The summed E-state index contributed by atoms with van der Waals surface area (Å²) >= 11 is 0. The molecule has 0 radical (unpaired) electrons. The summed E-state index contributed by atoms with van der Waals surface area (Å²) in [6.07, 6.45) is 1.55. The van der Waals surface area contributed by atoms with E-state index in [4.69, 9.17) is 18.9 Å². The second kappa shape index (κ2) is 20.7. The molecule has 2 unspecified atom stereocenters. The lowest BCUT2D eigenvalue weighted by molar-refractivity contribution is -0.385. The molecule has 16 nitrogen and oxygen atoms in total. The number of carbonyl (C=O) groups excluding carboxylic acids is 2. The third-order valence-electron chi connectivity index (χ3n) is 8.55. The molecule has 2 amide bonds. The number of nitro groups is 2. The maximum atomic E-state index is 12.4. The zero-order valence-corrected chi connectivity index (χ0v) is 32.2. The van der Waals surface area contributed by atoms with Gasteiger partial charge in [-0.05, 0) is 88.1 Å². The molecule has 0 aliphatic heterocycles. The summed E-state index contributed by atoms with van der Waals surface area (Å²) in [5.41, 5.74) is -0.557. The molecule has 16 heteroatoms. The number of carbonyl (C=O) groups is 2. The van der Waals surface area contributed by atoms with Gasteiger partial charge in [0, 0.05) is 26.4 Å². The lowest BCUT2D eigenvalue weighted by Gasteiger charge is -2.23. The summed E-state index contributed by atoms with van der Waals surface area (Å²) < 4.78 is 21.1. The van der Waals surface area contributed by atoms with Gasteiger partial charge in [0.05, 0.1) is 45.6 Å². The van der Waals surface area contributed by atoms with Crippen LogP contribution in [-0.4, -0.2) is 83.7 Å². The SMILES string of the molecule is COCCc1ccc(OCC(C)(O)C(=O)Nc2cccc([N+](=O)[O-])c2C)cc1.COCCc1ccc(OCC(C)(O)C(=O)Nc2cccc([N+](=O)[O-])c2C)cc1. The zero-order valence-electron chi connectivity index (χ0n) is 32.2.